The first kappa shape index (κ1) is 11.8. The fourth-order valence-electron chi connectivity index (χ4n) is 2.69. The van der Waals surface area contributed by atoms with Crippen LogP contribution in [-0.4, -0.2) is 11.9 Å². The zero-order valence-corrected chi connectivity index (χ0v) is 10.4. The van der Waals surface area contributed by atoms with Gasteiger partial charge in [0.25, 0.3) is 5.91 Å². The van der Waals surface area contributed by atoms with E-state index in [-0.39, 0.29) is 17.9 Å². The summed E-state index contributed by atoms with van der Waals surface area (Å²) in [4.78, 5) is 12.3. The van der Waals surface area contributed by atoms with Gasteiger partial charge in [-0.1, -0.05) is 18.2 Å². The van der Waals surface area contributed by atoms with Crippen molar-refractivity contribution in [2.24, 2.45) is 5.92 Å². The van der Waals surface area contributed by atoms with E-state index in [1.807, 2.05) is 24.3 Å². The van der Waals surface area contributed by atoms with Crippen molar-refractivity contribution in [2.75, 3.05) is 0 Å². The number of nitriles is 1. The average molecular weight is 254 g/mol. The highest BCUT2D eigenvalue weighted by Crippen LogP contribution is 2.26. The molecule has 96 valence electrons. The van der Waals surface area contributed by atoms with Crippen LogP contribution in [0.5, 0.6) is 0 Å². The molecule has 3 rings (SSSR count). The lowest BCUT2D eigenvalue weighted by Gasteiger charge is -2.14. The van der Waals surface area contributed by atoms with Gasteiger partial charge < -0.3 is 9.73 Å². The molecule has 0 spiro atoms. The summed E-state index contributed by atoms with van der Waals surface area (Å²) in [5, 5.41) is 12.8. The van der Waals surface area contributed by atoms with Crippen molar-refractivity contribution in [2.45, 2.75) is 25.3 Å². The Hall–Kier alpha value is -2.28. The summed E-state index contributed by atoms with van der Waals surface area (Å²) < 4.78 is 5.36. The van der Waals surface area contributed by atoms with E-state index < -0.39 is 0 Å². The number of para-hydroxylation sites is 1. The molecule has 0 radical (unpaired) electrons. The molecule has 4 nitrogen and oxygen atoms in total. The van der Waals surface area contributed by atoms with Gasteiger partial charge in [0.2, 0.25) is 0 Å². The zero-order chi connectivity index (χ0) is 13.2. The van der Waals surface area contributed by atoms with E-state index in [0.29, 0.717) is 11.1 Å². The van der Waals surface area contributed by atoms with Crippen LogP contribution in [0.15, 0.2) is 34.9 Å². The number of benzene rings is 1. The predicted molar refractivity (Wildman–Crippen MR) is 70.4 cm³/mol. The van der Waals surface area contributed by atoms with Gasteiger partial charge in [0.1, 0.15) is 11.8 Å². The number of nitrogens with zero attached hydrogens (tertiary/aromatic N) is 1. The molecule has 1 amide bonds. The molecule has 0 saturated heterocycles. The van der Waals surface area contributed by atoms with Gasteiger partial charge in [-0.15, -0.1) is 0 Å². The van der Waals surface area contributed by atoms with E-state index in [4.69, 9.17) is 9.68 Å². The predicted octanol–water partition coefficient (Wildman–Crippen LogP) is 2.85. The molecule has 2 unspecified atom stereocenters. The molecule has 1 aromatic carbocycles. The second-order valence-corrected chi connectivity index (χ2v) is 4.89. The normalized spacial score (nSPS) is 22.3. The molecule has 1 heterocycles. The van der Waals surface area contributed by atoms with Gasteiger partial charge in [-0.2, -0.15) is 5.26 Å². The van der Waals surface area contributed by atoms with Crippen LogP contribution in [-0.2, 0) is 0 Å². The third kappa shape index (κ3) is 2.08. The summed E-state index contributed by atoms with van der Waals surface area (Å²) in [6, 6.07) is 9.67. The van der Waals surface area contributed by atoms with Crippen LogP contribution in [0, 0.1) is 17.2 Å². The van der Waals surface area contributed by atoms with E-state index >= 15 is 0 Å². The number of nitrogens with one attached hydrogen (secondary N) is 1. The van der Waals surface area contributed by atoms with Crippen LogP contribution >= 0.6 is 0 Å². The number of amides is 1. The first-order valence-electron chi connectivity index (χ1n) is 6.46. The molecule has 1 aliphatic carbocycles. The molecule has 1 aliphatic rings. The smallest absolute Gasteiger partial charge is 0.255 e. The Bertz CT molecular complexity index is 653. The highest BCUT2D eigenvalue weighted by Gasteiger charge is 2.29. The standard InChI is InChI=1S/C15H14N2O2/c16-8-10-4-3-6-13(10)17-15(18)12-9-19-14-7-2-1-5-11(12)14/h1-2,5,7,9-10,13H,3-4,6H2,(H,17,18). The van der Waals surface area contributed by atoms with Gasteiger partial charge in [-0.05, 0) is 25.3 Å². The summed E-state index contributed by atoms with van der Waals surface area (Å²) in [6.07, 6.45) is 4.22. The number of carbonyl (C=O) groups excluding carboxylic acids is 1. The van der Waals surface area contributed by atoms with Crippen molar-refractivity contribution in [1.29, 1.82) is 5.26 Å². The van der Waals surface area contributed by atoms with Gasteiger partial charge in [0, 0.05) is 11.4 Å². The largest absolute Gasteiger partial charge is 0.463 e. The minimum Gasteiger partial charge on any atom is -0.463 e. The summed E-state index contributed by atoms with van der Waals surface area (Å²) >= 11 is 0. The van der Waals surface area contributed by atoms with Crippen LogP contribution in [0.1, 0.15) is 29.6 Å². The lowest BCUT2D eigenvalue weighted by atomic mass is 10.1. The third-order valence-corrected chi connectivity index (χ3v) is 3.72. The van der Waals surface area contributed by atoms with E-state index in [2.05, 4.69) is 11.4 Å². The van der Waals surface area contributed by atoms with Crippen LogP contribution in [0.3, 0.4) is 0 Å². The molecule has 1 fully saturated rings. The maximum Gasteiger partial charge on any atom is 0.255 e. The second-order valence-electron chi connectivity index (χ2n) is 4.89. The molecule has 2 aromatic rings. The van der Waals surface area contributed by atoms with Crippen molar-refractivity contribution in [3.8, 4) is 6.07 Å². The lowest BCUT2D eigenvalue weighted by molar-refractivity contribution is 0.0933. The Labute approximate surface area is 111 Å². The second kappa shape index (κ2) is 4.77. The highest BCUT2D eigenvalue weighted by atomic mass is 16.3. The van der Waals surface area contributed by atoms with Crippen molar-refractivity contribution >= 4 is 16.9 Å². The van der Waals surface area contributed by atoms with E-state index in [1.165, 1.54) is 6.26 Å². The minimum atomic E-state index is -0.155. The van der Waals surface area contributed by atoms with E-state index in [9.17, 15) is 4.79 Å². The van der Waals surface area contributed by atoms with E-state index in [1.54, 1.807) is 0 Å². The fourth-order valence-corrected chi connectivity index (χ4v) is 2.69. The van der Waals surface area contributed by atoms with Gasteiger partial charge in [-0.3, -0.25) is 4.79 Å². The first-order chi connectivity index (χ1) is 9.29. The molecular weight excluding hydrogens is 240 g/mol. The molecule has 2 atom stereocenters. The van der Waals surface area contributed by atoms with Crippen molar-refractivity contribution < 1.29 is 9.21 Å². The number of hydrogen-bond donors (Lipinski definition) is 1. The molecule has 0 bridgehead atoms. The average Bonchev–Trinajstić information content (AvgIpc) is 3.04. The third-order valence-electron chi connectivity index (χ3n) is 3.72. The van der Waals surface area contributed by atoms with Crippen molar-refractivity contribution in [3.63, 3.8) is 0 Å². The maximum atomic E-state index is 12.3. The van der Waals surface area contributed by atoms with Crippen LogP contribution in [0.4, 0.5) is 0 Å². The van der Waals surface area contributed by atoms with Crippen molar-refractivity contribution in [3.05, 3.63) is 36.1 Å². The number of furan rings is 1. The molecular formula is C15H14N2O2. The number of hydrogen-bond acceptors (Lipinski definition) is 3. The van der Waals surface area contributed by atoms with Crippen LogP contribution in [0.2, 0.25) is 0 Å². The molecule has 1 aromatic heterocycles. The molecule has 4 heteroatoms. The Kier molecular flexibility index (Phi) is 2.96. The van der Waals surface area contributed by atoms with Gasteiger partial charge in [0.05, 0.1) is 17.6 Å². The first-order valence-corrected chi connectivity index (χ1v) is 6.46. The minimum absolute atomic E-state index is 0.0360. The van der Waals surface area contributed by atoms with E-state index in [0.717, 1.165) is 24.6 Å². The van der Waals surface area contributed by atoms with Crippen LogP contribution < -0.4 is 5.32 Å². The monoisotopic (exact) mass is 254 g/mol. The summed E-state index contributed by atoms with van der Waals surface area (Å²) in [5.41, 5.74) is 1.25. The Morgan fingerprint density at radius 1 is 1.37 bits per heavy atom. The Morgan fingerprint density at radius 2 is 2.21 bits per heavy atom. The number of fused-ring (bicyclic) bond motifs is 1. The SMILES string of the molecule is N#CC1CCCC1NC(=O)c1coc2ccccc12. The Morgan fingerprint density at radius 3 is 3.05 bits per heavy atom. The summed E-state index contributed by atoms with van der Waals surface area (Å²) in [5.74, 6) is -0.223. The molecule has 0 aliphatic heterocycles. The molecule has 1 N–H and O–H groups in total. The Balaban J connectivity index is 1.83. The summed E-state index contributed by atoms with van der Waals surface area (Å²) in [7, 11) is 0. The van der Waals surface area contributed by atoms with Crippen LogP contribution in [0.25, 0.3) is 11.0 Å². The lowest BCUT2D eigenvalue weighted by Crippen LogP contribution is -2.36. The summed E-state index contributed by atoms with van der Waals surface area (Å²) in [6.45, 7) is 0. The topological polar surface area (TPSA) is 66.0 Å². The molecule has 19 heavy (non-hydrogen) atoms. The number of carbonyl (C=O) groups is 1. The fraction of sp³-hybridized carbons (Fsp3) is 0.333. The maximum absolute atomic E-state index is 12.3. The van der Waals surface area contributed by atoms with Crippen molar-refractivity contribution in [1.82, 2.24) is 5.32 Å². The van der Waals surface area contributed by atoms with Gasteiger partial charge in [-0.25, -0.2) is 0 Å². The van der Waals surface area contributed by atoms with Gasteiger partial charge >= 0.3 is 0 Å². The van der Waals surface area contributed by atoms with Gasteiger partial charge in [0.15, 0.2) is 0 Å². The number of rotatable bonds is 2. The molecule has 1 saturated carbocycles. The zero-order valence-electron chi connectivity index (χ0n) is 10.4. The highest BCUT2D eigenvalue weighted by molar-refractivity contribution is 6.06. The quantitative estimate of drug-likeness (QED) is 0.896.